The first-order valence-corrected chi connectivity index (χ1v) is 6.23. The predicted octanol–water partition coefficient (Wildman–Crippen LogP) is 4.00. The molecule has 0 radical (unpaired) electrons. The molecule has 4 heteroatoms. The largest absolute Gasteiger partial charge is 0.388 e. The van der Waals surface area contributed by atoms with Gasteiger partial charge >= 0.3 is 0 Å². The molecule has 1 atom stereocenters. The average molecular weight is 313 g/mol. The molecule has 2 aromatic rings. The van der Waals surface area contributed by atoms with E-state index in [0.717, 1.165) is 0 Å². The molecule has 0 aromatic heterocycles. The molecule has 1 N–H and O–H groups in total. The maximum Gasteiger partial charge on any atom is 0.137 e. The Morgan fingerprint density at radius 1 is 1.06 bits per heavy atom. The summed E-state index contributed by atoms with van der Waals surface area (Å²) < 4.78 is 26.4. The Hall–Kier alpha value is -1.26. The van der Waals surface area contributed by atoms with E-state index in [1.165, 1.54) is 30.3 Å². The highest BCUT2D eigenvalue weighted by Gasteiger charge is 2.12. The molecule has 0 saturated carbocycles. The second-order valence-electron chi connectivity index (χ2n) is 3.98. The number of hydrogen-bond acceptors (Lipinski definition) is 1. The van der Waals surface area contributed by atoms with Gasteiger partial charge in [0, 0.05) is 6.42 Å². The summed E-state index contributed by atoms with van der Waals surface area (Å²) in [7, 11) is 0. The average Bonchev–Trinajstić information content (AvgIpc) is 2.36. The summed E-state index contributed by atoms with van der Waals surface area (Å²) in [5.74, 6) is -0.711. The first kappa shape index (κ1) is 13.2. The second-order valence-corrected chi connectivity index (χ2v) is 4.78. The van der Waals surface area contributed by atoms with Crippen molar-refractivity contribution < 1.29 is 13.9 Å². The lowest BCUT2D eigenvalue weighted by molar-refractivity contribution is 0.178. The third-order valence-electron chi connectivity index (χ3n) is 2.70. The summed E-state index contributed by atoms with van der Waals surface area (Å²) in [6.07, 6.45) is -0.520. The molecule has 2 rings (SSSR count). The van der Waals surface area contributed by atoms with Crippen molar-refractivity contribution in [3.63, 3.8) is 0 Å². The first-order valence-electron chi connectivity index (χ1n) is 5.44. The Bertz CT molecular complexity index is 540. The zero-order chi connectivity index (χ0) is 13.1. The molecule has 0 amide bonds. The number of aliphatic hydroxyl groups is 1. The molecule has 1 nitrogen and oxygen atoms in total. The Kier molecular flexibility index (Phi) is 4.09. The van der Waals surface area contributed by atoms with Gasteiger partial charge < -0.3 is 5.11 Å². The topological polar surface area (TPSA) is 20.2 Å². The lowest BCUT2D eigenvalue weighted by atomic mass is 10.0. The molecule has 0 heterocycles. The van der Waals surface area contributed by atoms with Crippen LogP contribution in [-0.4, -0.2) is 5.11 Å². The van der Waals surface area contributed by atoms with Gasteiger partial charge in [0.1, 0.15) is 11.6 Å². The van der Waals surface area contributed by atoms with Gasteiger partial charge in [-0.2, -0.15) is 0 Å². The van der Waals surface area contributed by atoms with E-state index in [2.05, 4.69) is 15.9 Å². The van der Waals surface area contributed by atoms with Crippen LogP contribution in [0.5, 0.6) is 0 Å². The third kappa shape index (κ3) is 2.94. The maximum absolute atomic E-state index is 13.3. The molecule has 0 bridgehead atoms. The summed E-state index contributed by atoms with van der Waals surface area (Å²) in [5, 5.41) is 10.0. The second kappa shape index (κ2) is 5.59. The SMILES string of the molecule is OC(Cc1cccc(F)c1Br)c1ccc(F)cc1. The number of halogens is 3. The predicted molar refractivity (Wildman–Crippen MR) is 69.2 cm³/mol. The molecular weight excluding hydrogens is 302 g/mol. The molecule has 18 heavy (non-hydrogen) atoms. The summed E-state index contributed by atoms with van der Waals surface area (Å²) in [6.45, 7) is 0. The molecule has 0 fully saturated rings. The summed E-state index contributed by atoms with van der Waals surface area (Å²) in [5.41, 5.74) is 1.28. The molecule has 2 aromatic carbocycles. The Morgan fingerprint density at radius 3 is 2.39 bits per heavy atom. The molecule has 0 aliphatic heterocycles. The van der Waals surface area contributed by atoms with Crippen molar-refractivity contribution in [3.05, 3.63) is 69.7 Å². The summed E-state index contributed by atoms with van der Waals surface area (Å²) in [6, 6.07) is 10.3. The Morgan fingerprint density at radius 2 is 1.72 bits per heavy atom. The monoisotopic (exact) mass is 312 g/mol. The van der Waals surface area contributed by atoms with Gasteiger partial charge in [0.15, 0.2) is 0 Å². The van der Waals surface area contributed by atoms with Crippen molar-refractivity contribution in [1.82, 2.24) is 0 Å². The zero-order valence-electron chi connectivity index (χ0n) is 9.41. The molecule has 0 spiro atoms. The van der Waals surface area contributed by atoms with Crippen LogP contribution in [0, 0.1) is 11.6 Å². The van der Waals surface area contributed by atoms with E-state index in [9.17, 15) is 13.9 Å². The van der Waals surface area contributed by atoms with Crippen LogP contribution in [0.25, 0.3) is 0 Å². The lowest BCUT2D eigenvalue weighted by Gasteiger charge is -2.12. The fraction of sp³-hybridized carbons (Fsp3) is 0.143. The van der Waals surface area contributed by atoms with Crippen LogP contribution in [0.4, 0.5) is 8.78 Å². The number of benzene rings is 2. The van der Waals surface area contributed by atoms with Crippen LogP contribution in [0.2, 0.25) is 0 Å². The van der Waals surface area contributed by atoms with Crippen LogP contribution >= 0.6 is 15.9 Å². The molecule has 0 saturated heterocycles. The van der Waals surface area contributed by atoms with Crippen molar-refractivity contribution in [2.75, 3.05) is 0 Å². The normalized spacial score (nSPS) is 12.4. The van der Waals surface area contributed by atoms with Crippen molar-refractivity contribution in [1.29, 1.82) is 0 Å². The van der Waals surface area contributed by atoms with E-state index in [0.29, 0.717) is 15.6 Å². The van der Waals surface area contributed by atoms with Crippen LogP contribution in [0.3, 0.4) is 0 Å². The minimum Gasteiger partial charge on any atom is -0.388 e. The number of hydrogen-bond donors (Lipinski definition) is 1. The van der Waals surface area contributed by atoms with E-state index >= 15 is 0 Å². The van der Waals surface area contributed by atoms with Crippen molar-refractivity contribution >= 4 is 15.9 Å². The van der Waals surface area contributed by atoms with Gasteiger partial charge in [0.25, 0.3) is 0 Å². The van der Waals surface area contributed by atoms with Gasteiger partial charge in [0.05, 0.1) is 10.6 Å². The minimum absolute atomic E-state index is 0.268. The highest BCUT2D eigenvalue weighted by Crippen LogP contribution is 2.26. The van der Waals surface area contributed by atoms with Gasteiger partial charge in [-0.15, -0.1) is 0 Å². The van der Waals surface area contributed by atoms with Crippen LogP contribution in [-0.2, 0) is 6.42 Å². The minimum atomic E-state index is -0.788. The van der Waals surface area contributed by atoms with Crippen LogP contribution in [0.15, 0.2) is 46.9 Å². The first-order chi connectivity index (χ1) is 8.58. The summed E-state index contributed by atoms with van der Waals surface area (Å²) in [4.78, 5) is 0. The van der Waals surface area contributed by atoms with E-state index in [-0.39, 0.29) is 18.1 Å². The van der Waals surface area contributed by atoms with Gasteiger partial charge in [-0.1, -0.05) is 24.3 Å². The van der Waals surface area contributed by atoms with E-state index in [1.54, 1.807) is 12.1 Å². The smallest absolute Gasteiger partial charge is 0.137 e. The molecule has 94 valence electrons. The quantitative estimate of drug-likeness (QED) is 0.908. The van der Waals surface area contributed by atoms with Crippen molar-refractivity contribution in [3.8, 4) is 0 Å². The van der Waals surface area contributed by atoms with Gasteiger partial charge in [-0.05, 0) is 45.3 Å². The molecule has 1 unspecified atom stereocenters. The van der Waals surface area contributed by atoms with Crippen LogP contribution < -0.4 is 0 Å². The highest BCUT2D eigenvalue weighted by atomic mass is 79.9. The fourth-order valence-electron chi connectivity index (χ4n) is 1.72. The third-order valence-corrected chi connectivity index (χ3v) is 3.59. The highest BCUT2D eigenvalue weighted by molar-refractivity contribution is 9.10. The van der Waals surface area contributed by atoms with E-state index in [1.807, 2.05) is 0 Å². The number of aliphatic hydroxyl groups excluding tert-OH is 1. The lowest BCUT2D eigenvalue weighted by Crippen LogP contribution is -2.03. The summed E-state index contributed by atoms with van der Waals surface area (Å²) >= 11 is 3.15. The van der Waals surface area contributed by atoms with Crippen LogP contribution in [0.1, 0.15) is 17.2 Å². The van der Waals surface area contributed by atoms with Crippen molar-refractivity contribution in [2.24, 2.45) is 0 Å². The zero-order valence-corrected chi connectivity index (χ0v) is 11.0. The maximum atomic E-state index is 13.3. The van der Waals surface area contributed by atoms with E-state index < -0.39 is 6.10 Å². The number of rotatable bonds is 3. The van der Waals surface area contributed by atoms with Crippen molar-refractivity contribution in [2.45, 2.75) is 12.5 Å². The molecule has 0 aliphatic carbocycles. The standard InChI is InChI=1S/C14H11BrF2O/c15-14-10(2-1-3-12(14)17)8-13(18)9-4-6-11(16)7-5-9/h1-7,13,18H,8H2. The van der Waals surface area contributed by atoms with Gasteiger partial charge in [-0.3, -0.25) is 0 Å². The van der Waals surface area contributed by atoms with Gasteiger partial charge in [-0.25, -0.2) is 8.78 Å². The fourth-order valence-corrected chi connectivity index (χ4v) is 2.14. The molecular formula is C14H11BrF2O. The van der Waals surface area contributed by atoms with E-state index in [4.69, 9.17) is 0 Å². The molecule has 0 aliphatic rings. The Balaban J connectivity index is 2.18. The van der Waals surface area contributed by atoms with Gasteiger partial charge in [0.2, 0.25) is 0 Å². The Labute approximate surface area is 112 Å².